The van der Waals surface area contributed by atoms with Gasteiger partial charge in [0.15, 0.2) is 5.76 Å². The first-order valence-corrected chi connectivity index (χ1v) is 6.72. The molecular formula is C14H19NO4. The number of rotatable bonds is 2. The van der Waals surface area contributed by atoms with Crippen molar-refractivity contribution in [3.05, 3.63) is 23.7 Å². The summed E-state index contributed by atoms with van der Waals surface area (Å²) in [5.74, 6) is 1.09. The Bertz CT molecular complexity index is 470. The number of aryl methyl sites for hydroxylation is 1. The summed E-state index contributed by atoms with van der Waals surface area (Å²) >= 11 is 0. The maximum atomic E-state index is 12.5. The Morgan fingerprint density at radius 2 is 2.32 bits per heavy atom. The number of carbonyl (C=O) groups excluding carboxylic acids is 1. The summed E-state index contributed by atoms with van der Waals surface area (Å²) in [6.45, 7) is 3.17. The van der Waals surface area contributed by atoms with Gasteiger partial charge in [-0.05, 0) is 31.9 Å². The van der Waals surface area contributed by atoms with Crippen molar-refractivity contribution in [2.75, 3.05) is 20.3 Å². The largest absolute Gasteiger partial charge is 0.456 e. The molecule has 1 aromatic heterocycles. The Morgan fingerprint density at radius 1 is 1.47 bits per heavy atom. The van der Waals surface area contributed by atoms with Crippen molar-refractivity contribution in [1.82, 2.24) is 4.90 Å². The molecule has 0 aliphatic carbocycles. The fourth-order valence-corrected chi connectivity index (χ4v) is 3.04. The summed E-state index contributed by atoms with van der Waals surface area (Å²) in [5, 5.41) is 0. The quantitative estimate of drug-likeness (QED) is 0.815. The highest BCUT2D eigenvalue weighted by molar-refractivity contribution is 5.92. The first-order valence-electron chi connectivity index (χ1n) is 6.72. The van der Waals surface area contributed by atoms with Gasteiger partial charge in [-0.1, -0.05) is 0 Å². The number of furan rings is 1. The molecule has 0 saturated carbocycles. The molecule has 0 spiro atoms. The standard InChI is InChI=1S/C14H19NO4/c1-9-5-6-11(19-9)14(16)15-8-12(17-2)13-10(15)4-3-7-18-13/h5-6,10,12-13H,3-4,7-8H2,1-2H3/t10-,12+,13+/m1/s1. The van der Waals surface area contributed by atoms with Gasteiger partial charge in [-0.15, -0.1) is 0 Å². The zero-order valence-corrected chi connectivity index (χ0v) is 11.3. The van der Waals surface area contributed by atoms with Crippen LogP contribution in [0.25, 0.3) is 0 Å². The van der Waals surface area contributed by atoms with E-state index in [1.54, 1.807) is 13.2 Å². The summed E-state index contributed by atoms with van der Waals surface area (Å²) < 4.78 is 16.7. The SMILES string of the molecule is CO[C@H]1CN(C(=O)c2ccc(C)o2)[C@@H]2CCCO[C@H]12. The number of nitrogens with zero attached hydrogens (tertiary/aromatic N) is 1. The van der Waals surface area contributed by atoms with E-state index >= 15 is 0 Å². The molecule has 3 rings (SSSR count). The van der Waals surface area contributed by atoms with Crippen LogP contribution in [0.2, 0.25) is 0 Å². The Balaban J connectivity index is 1.82. The molecule has 2 saturated heterocycles. The third-order valence-corrected chi connectivity index (χ3v) is 3.99. The summed E-state index contributed by atoms with van der Waals surface area (Å²) in [7, 11) is 1.67. The molecular weight excluding hydrogens is 246 g/mol. The number of ether oxygens (including phenoxy) is 2. The van der Waals surface area contributed by atoms with Crippen LogP contribution in [0.4, 0.5) is 0 Å². The molecule has 3 atom stereocenters. The lowest BCUT2D eigenvalue weighted by atomic mass is 10.0. The Kier molecular flexibility index (Phi) is 3.33. The van der Waals surface area contributed by atoms with Crippen molar-refractivity contribution < 1.29 is 18.7 Å². The number of fused-ring (bicyclic) bond motifs is 1. The monoisotopic (exact) mass is 265 g/mol. The Labute approximate surface area is 112 Å². The van der Waals surface area contributed by atoms with Crippen LogP contribution in [0.3, 0.4) is 0 Å². The smallest absolute Gasteiger partial charge is 0.289 e. The molecule has 2 aliphatic rings. The lowest BCUT2D eigenvalue weighted by molar-refractivity contribution is -0.0640. The van der Waals surface area contributed by atoms with Crippen LogP contribution in [-0.4, -0.2) is 49.3 Å². The van der Waals surface area contributed by atoms with Crippen molar-refractivity contribution in [3.63, 3.8) is 0 Å². The van der Waals surface area contributed by atoms with Crippen LogP contribution >= 0.6 is 0 Å². The van der Waals surface area contributed by atoms with Crippen molar-refractivity contribution in [2.24, 2.45) is 0 Å². The molecule has 5 nitrogen and oxygen atoms in total. The molecule has 0 bridgehead atoms. The molecule has 104 valence electrons. The summed E-state index contributed by atoms with van der Waals surface area (Å²) in [6.07, 6.45) is 1.91. The number of amides is 1. The molecule has 5 heteroatoms. The Morgan fingerprint density at radius 3 is 3.00 bits per heavy atom. The van der Waals surface area contributed by atoms with Crippen LogP contribution in [-0.2, 0) is 9.47 Å². The van der Waals surface area contributed by atoms with Gasteiger partial charge in [0, 0.05) is 13.7 Å². The van der Waals surface area contributed by atoms with Gasteiger partial charge in [0.05, 0.1) is 12.6 Å². The predicted octanol–water partition coefficient (Wildman–Crippen LogP) is 1.61. The van der Waals surface area contributed by atoms with E-state index in [2.05, 4.69) is 0 Å². The number of hydrogen-bond donors (Lipinski definition) is 0. The third kappa shape index (κ3) is 2.17. The van der Waals surface area contributed by atoms with Crippen molar-refractivity contribution in [2.45, 2.75) is 38.0 Å². The number of likely N-dealkylation sites (tertiary alicyclic amines) is 1. The molecule has 0 aromatic carbocycles. The fourth-order valence-electron chi connectivity index (χ4n) is 3.04. The van der Waals surface area contributed by atoms with Gasteiger partial charge in [-0.2, -0.15) is 0 Å². The van der Waals surface area contributed by atoms with E-state index in [0.717, 1.165) is 25.2 Å². The van der Waals surface area contributed by atoms with E-state index in [4.69, 9.17) is 13.9 Å². The lowest BCUT2D eigenvalue weighted by Crippen LogP contribution is -2.43. The van der Waals surface area contributed by atoms with Gasteiger partial charge < -0.3 is 18.8 Å². The highest BCUT2D eigenvalue weighted by Gasteiger charge is 2.46. The second-order valence-corrected chi connectivity index (χ2v) is 5.19. The molecule has 1 amide bonds. The molecule has 1 aromatic rings. The molecule has 2 aliphatic heterocycles. The first-order chi connectivity index (χ1) is 9.20. The minimum absolute atomic E-state index is 0.00115. The zero-order valence-electron chi connectivity index (χ0n) is 11.3. The Hall–Kier alpha value is -1.33. The molecule has 3 heterocycles. The van der Waals surface area contributed by atoms with Crippen molar-refractivity contribution in [1.29, 1.82) is 0 Å². The summed E-state index contributed by atoms with van der Waals surface area (Å²) in [5.41, 5.74) is 0. The molecule has 2 fully saturated rings. The maximum Gasteiger partial charge on any atom is 0.289 e. The van der Waals surface area contributed by atoms with Crippen molar-refractivity contribution >= 4 is 5.91 Å². The van der Waals surface area contributed by atoms with E-state index < -0.39 is 0 Å². The van der Waals surface area contributed by atoms with Crippen LogP contribution in [0.5, 0.6) is 0 Å². The molecule has 19 heavy (non-hydrogen) atoms. The van der Waals surface area contributed by atoms with Gasteiger partial charge in [0.2, 0.25) is 0 Å². The second kappa shape index (κ2) is 4.98. The normalized spacial score (nSPS) is 30.4. The predicted molar refractivity (Wildman–Crippen MR) is 68.0 cm³/mol. The van der Waals surface area contributed by atoms with Crippen LogP contribution in [0.1, 0.15) is 29.2 Å². The fraction of sp³-hybridized carbons (Fsp3) is 0.643. The lowest BCUT2D eigenvalue weighted by Gasteiger charge is -2.31. The second-order valence-electron chi connectivity index (χ2n) is 5.19. The van der Waals surface area contributed by atoms with E-state index in [9.17, 15) is 4.79 Å². The highest BCUT2D eigenvalue weighted by atomic mass is 16.5. The first kappa shape index (κ1) is 12.7. The molecule has 0 N–H and O–H groups in total. The molecule has 0 unspecified atom stereocenters. The van der Waals surface area contributed by atoms with Gasteiger partial charge in [-0.3, -0.25) is 4.79 Å². The van der Waals surface area contributed by atoms with Crippen LogP contribution in [0.15, 0.2) is 16.5 Å². The minimum atomic E-state index is -0.0619. The van der Waals surface area contributed by atoms with Crippen molar-refractivity contribution in [3.8, 4) is 0 Å². The summed E-state index contributed by atoms with van der Waals surface area (Å²) in [4.78, 5) is 14.3. The number of hydrogen-bond acceptors (Lipinski definition) is 4. The average molecular weight is 265 g/mol. The van der Waals surface area contributed by atoms with E-state index in [-0.39, 0.29) is 24.2 Å². The summed E-state index contributed by atoms with van der Waals surface area (Å²) in [6, 6.07) is 3.65. The van der Waals surface area contributed by atoms with Crippen LogP contribution < -0.4 is 0 Å². The average Bonchev–Trinajstić information content (AvgIpc) is 3.02. The van der Waals surface area contributed by atoms with Crippen LogP contribution in [0, 0.1) is 6.92 Å². The van der Waals surface area contributed by atoms with E-state index in [1.165, 1.54) is 0 Å². The third-order valence-electron chi connectivity index (χ3n) is 3.99. The van der Waals surface area contributed by atoms with Gasteiger partial charge in [0.25, 0.3) is 5.91 Å². The molecule has 0 radical (unpaired) electrons. The van der Waals surface area contributed by atoms with Gasteiger partial charge in [0.1, 0.15) is 18.0 Å². The van der Waals surface area contributed by atoms with E-state index in [1.807, 2.05) is 17.9 Å². The van der Waals surface area contributed by atoms with Gasteiger partial charge in [-0.25, -0.2) is 0 Å². The number of carbonyl (C=O) groups is 1. The minimum Gasteiger partial charge on any atom is -0.456 e. The van der Waals surface area contributed by atoms with E-state index in [0.29, 0.717) is 12.3 Å². The number of methoxy groups -OCH3 is 1. The highest BCUT2D eigenvalue weighted by Crippen LogP contribution is 2.31. The maximum absolute atomic E-state index is 12.5. The van der Waals surface area contributed by atoms with Gasteiger partial charge >= 0.3 is 0 Å². The zero-order chi connectivity index (χ0) is 13.4. The topological polar surface area (TPSA) is 51.9 Å².